The van der Waals surface area contributed by atoms with Gasteiger partial charge in [0.05, 0.1) is 35.3 Å². The Bertz CT molecular complexity index is 1540. The number of amides is 3. The van der Waals surface area contributed by atoms with Crippen molar-refractivity contribution in [1.82, 2.24) is 15.0 Å². The van der Waals surface area contributed by atoms with Crippen molar-refractivity contribution in [3.8, 4) is 5.75 Å². The van der Waals surface area contributed by atoms with Gasteiger partial charge in [0, 0.05) is 24.5 Å². The van der Waals surface area contributed by atoms with Gasteiger partial charge in [0.15, 0.2) is 11.5 Å². The number of aliphatic hydroxyl groups is 1. The molecule has 3 aromatic rings. The lowest BCUT2D eigenvalue weighted by Gasteiger charge is -2.38. The summed E-state index contributed by atoms with van der Waals surface area (Å²) in [4.78, 5) is 29.7. The molecule has 0 saturated heterocycles. The van der Waals surface area contributed by atoms with E-state index >= 15 is 0 Å². The molecule has 3 N–H and O–H groups in total. The number of likely N-dealkylation sites (N-methyl/N-ethyl adjacent to an activating group) is 1. The molecule has 0 spiro atoms. The van der Waals surface area contributed by atoms with Crippen molar-refractivity contribution in [3.63, 3.8) is 0 Å². The number of hydrogen-bond acceptors (Lipinski definition) is 8. The number of aryl methyl sites for hydroxylation is 2. The molecule has 2 heterocycles. The summed E-state index contributed by atoms with van der Waals surface area (Å²) in [6, 6.07) is 9.27. The molecule has 2 aromatic carbocycles. The Labute approximate surface area is 249 Å². The second-order valence-electron chi connectivity index (χ2n) is 10.4. The van der Waals surface area contributed by atoms with Crippen molar-refractivity contribution >= 4 is 44.9 Å². The number of sulfonamides is 1. The predicted molar refractivity (Wildman–Crippen MR) is 157 cm³/mol. The molecule has 4 rings (SSSR count). The van der Waals surface area contributed by atoms with Gasteiger partial charge in [-0.15, -0.1) is 0 Å². The Kier molecular flexibility index (Phi) is 9.34. The zero-order valence-corrected chi connectivity index (χ0v) is 25.5. The van der Waals surface area contributed by atoms with E-state index in [2.05, 4.69) is 15.2 Å². The fraction of sp³-hybridized carbons (Fsp3) is 0.393. The molecule has 0 bridgehead atoms. The Morgan fingerprint density at radius 3 is 2.55 bits per heavy atom. The molecular weight excluding hydrogens is 586 g/mol. The second kappa shape index (κ2) is 12.6. The Morgan fingerprint density at radius 1 is 1.24 bits per heavy atom. The quantitative estimate of drug-likeness (QED) is 0.340. The van der Waals surface area contributed by atoms with Crippen LogP contribution in [0.4, 0.5) is 16.2 Å². The normalized spacial score (nSPS) is 17.9. The van der Waals surface area contributed by atoms with E-state index in [0.717, 1.165) is 0 Å². The lowest BCUT2D eigenvalue weighted by atomic mass is 9.99. The molecule has 3 atom stereocenters. The molecule has 1 aromatic heterocycles. The van der Waals surface area contributed by atoms with Crippen LogP contribution in [0, 0.1) is 19.8 Å². The SMILES string of the molecule is Cc1noc(C)c1NC(=O)N(C)C[C@H]1Oc2c(NS(=O)(=O)c3ccc(Cl)cc3)cccc2C(=O)N([C@@H](C)CO)C[C@H]1C. The summed E-state index contributed by atoms with van der Waals surface area (Å²) in [7, 11) is -2.49. The molecule has 1 aliphatic heterocycles. The molecule has 0 saturated carbocycles. The maximum atomic E-state index is 13.7. The fourth-order valence-corrected chi connectivity index (χ4v) is 5.76. The zero-order valence-electron chi connectivity index (χ0n) is 23.9. The maximum Gasteiger partial charge on any atom is 0.321 e. The van der Waals surface area contributed by atoms with Gasteiger partial charge in [0.1, 0.15) is 17.5 Å². The van der Waals surface area contributed by atoms with Crippen molar-refractivity contribution in [3.05, 3.63) is 64.5 Å². The Morgan fingerprint density at radius 2 is 1.93 bits per heavy atom. The van der Waals surface area contributed by atoms with E-state index < -0.39 is 34.1 Å². The van der Waals surface area contributed by atoms with Crippen LogP contribution in [-0.4, -0.2) is 79.3 Å². The molecule has 0 radical (unpaired) electrons. The van der Waals surface area contributed by atoms with Gasteiger partial charge < -0.3 is 29.5 Å². The van der Waals surface area contributed by atoms with Gasteiger partial charge >= 0.3 is 6.03 Å². The van der Waals surface area contributed by atoms with Crippen LogP contribution in [0.2, 0.25) is 5.02 Å². The zero-order chi connectivity index (χ0) is 30.8. The number of hydrogen-bond donors (Lipinski definition) is 3. The molecule has 0 unspecified atom stereocenters. The van der Waals surface area contributed by atoms with Crippen molar-refractivity contribution in [2.45, 2.75) is 44.7 Å². The number of rotatable bonds is 8. The number of benzene rings is 2. The monoisotopic (exact) mass is 619 g/mol. The van der Waals surface area contributed by atoms with E-state index in [1.54, 1.807) is 33.9 Å². The predicted octanol–water partition coefficient (Wildman–Crippen LogP) is 4.13. The molecule has 0 aliphatic carbocycles. The van der Waals surface area contributed by atoms with Crippen molar-refractivity contribution in [2.75, 3.05) is 36.8 Å². The number of aliphatic hydroxyl groups excluding tert-OH is 1. The van der Waals surface area contributed by atoms with Crippen molar-refractivity contribution < 1.29 is 32.4 Å². The van der Waals surface area contributed by atoms with E-state index in [4.69, 9.17) is 20.9 Å². The summed E-state index contributed by atoms with van der Waals surface area (Å²) < 4.78 is 40.6. The first-order valence-corrected chi connectivity index (χ1v) is 15.1. The number of aromatic nitrogens is 1. The van der Waals surface area contributed by atoms with Gasteiger partial charge in [-0.05, 0) is 57.2 Å². The van der Waals surface area contributed by atoms with Gasteiger partial charge in [-0.1, -0.05) is 29.7 Å². The van der Waals surface area contributed by atoms with Gasteiger partial charge in [0.25, 0.3) is 15.9 Å². The highest BCUT2D eigenvalue weighted by molar-refractivity contribution is 7.92. The number of fused-ring (bicyclic) bond motifs is 1. The third-order valence-electron chi connectivity index (χ3n) is 7.13. The number of carbonyl (C=O) groups excluding carboxylic acids is 2. The first-order valence-electron chi connectivity index (χ1n) is 13.3. The van der Waals surface area contributed by atoms with Crippen molar-refractivity contribution in [2.24, 2.45) is 5.92 Å². The summed E-state index contributed by atoms with van der Waals surface area (Å²) in [5.41, 5.74) is 1.17. The third-order valence-corrected chi connectivity index (χ3v) is 8.76. The highest BCUT2D eigenvalue weighted by atomic mass is 35.5. The van der Waals surface area contributed by atoms with Crippen molar-refractivity contribution in [1.29, 1.82) is 0 Å². The molecule has 226 valence electrons. The molecule has 0 fully saturated rings. The number of carbonyl (C=O) groups is 2. The van der Waals surface area contributed by atoms with Crippen LogP contribution < -0.4 is 14.8 Å². The van der Waals surface area contributed by atoms with Crippen LogP contribution in [0.5, 0.6) is 5.75 Å². The van der Waals surface area contributed by atoms with E-state index in [9.17, 15) is 23.1 Å². The van der Waals surface area contributed by atoms with Crippen LogP contribution in [-0.2, 0) is 10.0 Å². The Balaban J connectivity index is 1.70. The largest absolute Gasteiger partial charge is 0.485 e. The second-order valence-corrected chi connectivity index (χ2v) is 12.5. The van der Waals surface area contributed by atoms with Crippen LogP contribution in [0.3, 0.4) is 0 Å². The molecule has 42 heavy (non-hydrogen) atoms. The average Bonchev–Trinajstić information content (AvgIpc) is 3.26. The molecular formula is C28H34ClN5O7S. The van der Waals surface area contributed by atoms with E-state index in [-0.39, 0.29) is 47.5 Å². The number of nitrogens with one attached hydrogen (secondary N) is 2. The van der Waals surface area contributed by atoms with Gasteiger partial charge in [-0.2, -0.15) is 0 Å². The van der Waals surface area contributed by atoms with Crippen LogP contribution in [0.1, 0.15) is 35.7 Å². The standard InChI is InChI=1S/C28H34ClN5O7S/c1-16-13-34(17(2)15-35)27(36)22-7-6-8-23(32-42(38,39)21-11-9-20(29)10-12-21)26(22)40-24(16)14-33(5)28(37)30-25-18(3)31-41-19(25)4/h6-12,16-17,24,32,35H,13-15H2,1-5H3,(H,30,37)/t16-,17+,24-/m1/s1. The average molecular weight is 620 g/mol. The lowest BCUT2D eigenvalue weighted by molar-refractivity contribution is 0.0373. The summed E-state index contributed by atoms with van der Waals surface area (Å²) in [5, 5.41) is 16.9. The third kappa shape index (κ3) is 6.63. The number of urea groups is 1. The molecule has 1 aliphatic rings. The fourth-order valence-electron chi connectivity index (χ4n) is 4.58. The smallest absolute Gasteiger partial charge is 0.321 e. The first kappa shape index (κ1) is 31.1. The number of para-hydroxylation sites is 1. The minimum absolute atomic E-state index is 0.0197. The summed E-state index contributed by atoms with van der Waals surface area (Å²) in [6.45, 7) is 7.02. The highest BCUT2D eigenvalue weighted by Crippen LogP contribution is 2.36. The first-order chi connectivity index (χ1) is 19.8. The van der Waals surface area contributed by atoms with E-state index in [1.165, 1.54) is 46.2 Å². The minimum atomic E-state index is -4.08. The van der Waals surface area contributed by atoms with E-state index in [1.807, 2.05) is 6.92 Å². The summed E-state index contributed by atoms with van der Waals surface area (Å²) in [6.07, 6.45) is -0.674. The summed E-state index contributed by atoms with van der Waals surface area (Å²) >= 11 is 5.93. The molecule has 3 amide bonds. The number of anilines is 2. The van der Waals surface area contributed by atoms with E-state index in [0.29, 0.717) is 22.2 Å². The van der Waals surface area contributed by atoms with Gasteiger partial charge in [-0.3, -0.25) is 9.52 Å². The maximum absolute atomic E-state index is 13.7. The van der Waals surface area contributed by atoms with Gasteiger partial charge in [0.2, 0.25) is 0 Å². The Hall–Kier alpha value is -3.81. The minimum Gasteiger partial charge on any atom is -0.485 e. The highest BCUT2D eigenvalue weighted by Gasteiger charge is 2.35. The number of nitrogens with zero attached hydrogens (tertiary/aromatic N) is 3. The molecule has 14 heteroatoms. The lowest BCUT2D eigenvalue weighted by Crippen LogP contribution is -2.50. The van der Waals surface area contributed by atoms with Crippen LogP contribution >= 0.6 is 11.6 Å². The van der Waals surface area contributed by atoms with Crippen LogP contribution in [0.25, 0.3) is 0 Å². The van der Waals surface area contributed by atoms with Crippen LogP contribution in [0.15, 0.2) is 51.9 Å². The topological polar surface area (TPSA) is 154 Å². The molecule has 12 nitrogen and oxygen atoms in total. The number of halogens is 1. The summed E-state index contributed by atoms with van der Waals surface area (Å²) in [5.74, 6) is -0.269. The number of ether oxygens (including phenoxy) is 1. The van der Waals surface area contributed by atoms with Gasteiger partial charge in [-0.25, -0.2) is 13.2 Å².